The van der Waals surface area contributed by atoms with Crippen LogP contribution in [0.25, 0.3) is 0 Å². The first-order valence-electron chi connectivity index (χ1n) is 10.4. The van der Waals surface area contributed by atoms with Gasteiger partial charge >= 0.3 is 6.09 Å². The third-order valence-electron chi connectivity index (χ3n) is 5.05. The quantitative estimate of drug-likeness (QED) is 0.617. The summed E-state index contributed by atoms with van der Waals surface area (Å²) in [5.41, 5.74) is 5.03. The third kappa shape index (κ3) is 5.21. The Hall–Kier alpha value is -3.94. The van der Waals surface area contributed by atoms with E-state index in [1.165, 1.54) is 0 Å². The van der Waals surface area contributed by atoms with Gasteiger partial charge in [0, 0.05) is 28.5 Å². The zero-order valence-electron chi connectivity index (χ0n) is 18.3. The van der Waals surface area contributed by atoms with Crippen LogP contribution in [0.4, 0.5) is 27.8 Å². The molecule has 4 rings (SSSR count). The maximum atomic E-state index is 12.4. The van der Waals surface area contributed by atoms with Gasteiger partial charge in [0.05, 0.1) is 13.0 Å². The number of nitrogens with one attached hydrogen (secondary N) is 2. The number of rotatable bonds is 5. The molecule has 1 atom stereocenters. The Kier molecular flexibility index (Phi) is 6.02. The predicted molar refractivity (Wildman–Crippen MR) is 123 cm³/mol. The molecule has 1 fully saturated rings. The average Bonchev–Trinajstić information content (AvgIpc) is 3.08. The monoisotopic (exact) mass is 431 g/mol. The predicted octanol–water partition coefficient (Wildman–Crippen LogP) is 4.50. The van der Waals surface area contributed by atoms with Crippen LogP contribution in [-0.4, -0.2) is 34.6 Å². The third-order valence-corrected chi connectivity index (χ3v) is 5.05. The molecule has 1 unspecified atom stereocenters. The van der Waals surface area contributed by atoms with Crippen molar-refractivity contribution in [3.8, 4) is 0 Å². The minimum Gasteiger partial charge on any atom is -0.444 e. The van der Waals surface area contributed by atoms with Crippen LogP contribution in [-0.2, 0) is 9.53 Å². The van der Waals surface area contributed by atoms with Gasteiger partial charge in [-0.15, -0.1) is 0 Å². The first-order chi connectivity index (χ1) is 15.4. The summed E-state index contributed by atoms with van der Waals surface area (Å²) in [5.74, 6) is 0.462. The van der Waals surface area contributed by atoms with Gasteiger partial charge in [-0.25, -0.2) is 14.8 Å². The summed E-state index contributed by atoms with van der Waals surface area (Å²) in [5, 5.41) is 5.85. The van der Waals surface area contributed by atoms with Crippen LogP contribution in [0.15, 0.2) is 54.6 Å². The molecule has 1 aliphatic heterocycles. The van der Waals surface area contributed by atoms with E-state index in [2.05, 4.69) is 20.6 Å². The van der Waals surface area contributed by atoms with Crippen molar-refractivity contribution in [2.45, 2.75) is 33.3 Å². The van der Waals surface area contributed by atoms with Crippen molar-refractivity contribution >= 4 is 35.0 Å². The second kappa shape index (κ2) is 9.05. The number of hydrogen-bond acceptors (Lipinski definition) is 6. The minimum atomic E-state index is -0.591. The Morgan fingerprint density at radius 1 is 1.00 bits per heavy atom. The van der Waals surface area contributed by atoms with E-state index in [0.29, 0.717) is 18.2 Å². The Morgan fingerprint density at radius 2 is 1.69 bits per heavy atom. The molecule has 8 heteroatoms. The Bertz CT molecular complexity index is 1130. The van der Waals surface area contributed by atoms with Gasteiger partial charge < -0.3 is 15.0 Å². The Balaban J connectivity index is 1.32. The van der Waals surface area contributed by atoms with Crippen molar-refractivity contribution in [3.05, 3.63) is 71.5 Å². The fourth-order valence-corrected chi connectivity index (χ4v) is 3.65. The van der Waals surface area contributed by atoms with E-state index in [0.717, 1.165) is 28.3 Å². The average molecular weight is 431 g/mol. The van der Waals surface area contributed by atoms with Crippen LogP contribution in [0.2, 0.25) is 0 Å². The fraction of sp³-hybridized carbons (Fsp3) is 0.250. The molecule has 1 saturated heterocycles. The van der Waals surface area contributed by atoms with Gasteiger partial charge in [-0.1, -0.05) is 12.1 Å². The summed E-state index contributed by atoms with van der Waals surface area (Å²) in [6, 6.07) is 16.7. The molecule has 1 aliphatic rings. The molecule has 2 N–H and O–H groups in total. The van der Waals surface area contributed by atoms with Gasteiger partial charge in [-0.3, -0.25) is 10.1 Å². The highest BCUT2D eigenvalue weighted by Crippen LogP contribution is 2.24. The molecular weight excluding hydrogens is 406 g/mol. The topological polar surface area (TPSA) is 96.5 Å². The summed E-state index contributed by atoms with van der Waals surface area (Å²) >= 11 is 0. The number of nitrogens with zero attached hydrogens (tertiary/aromatic N) is 3. The molecule has 0 radical (unpaired) electrons. The minimum absolute atomic E-state index is 0.0579. The number of amides is 2. The number of ether oxygens (including phenoxy) is 1. The Labute approximate surface area is 186 Å². The number of carbonyl (C=O) groups is 2. The summed E-state index contributed by atoms with van der Waals surface area (Å²) in [4.78, 5) is 35.0. The van der Waals surface area contributed by atoms with E-state index in [4.69, 9.17) is 4.74 Å². The summed E-state index contributed by atoms with van der Waals surface area (Å²) < 4.78 is 5.47. The molecule has 0 spiro atoms. The lowest BCUT2D eigenvalue weighted by Gasteiger charge is -2.17. The molecule has 0 aliphatic carbocycles. The van der Waals surface area contributed by atoms with Gasteiger partial charge in [-0.2, -0.15) is 0 Å². The lowest BCUT2D eigenvalue weighted by atomic mass is 10.2. The molecule has 3 aromatic rings. The second-order valence-corrected chi connectivity index (χ2v) is 7.88. The molecular formula is C24H25N5O3. The maximum Gasteiger partial charge on any atom is 0.411 e. The second-order valence-electron chi connectivity index (χ2n) is 7.88. The van der Waals surface area contributed by atoms with E-state index in [-0.39, 0.29) is 12.3 Å². The van der Waals surface area contributed by atoms with Gasteiger partial charge in [0.1, 0.15) is 6.10 Å². The molecule has 2 aromatic carbocycles. The molecule has 164 valence electrons. The van der Waals surface area contributed by atoms with Crippen molar-refractivity contribution in [1.29, 1.82) is 0 Å². The van der Waals surface area contributed by atoms with E-state index in [1.807, 2.05) is 63.2 Å². The lowest BCUT2D eigenvalue weighted by molar-refractivity contribution is -0.117. The van der Waals surface area contributed by atoms with Crippen LogP contribution < -0.4 is 15.5 Å². The van der Waals surface area contributed by atoms with Crippen LogP contribution in [0.3, 0.4) is 0 Å². The zero-order chi connectivity index (χ0) is 22.7. The van der Waals surface area contributed by atoms with E-state index in [1.54, 1.807) is 17.0 Å². The molecule has 8 nitrogen and oxygen atoms in total. The zero-order valence-corrected chi connectivity index (χ0v) is 18.3. The van der Waals surface area contributed by atoms with Gasteiger partial charge in [-0.05, 0) is 68.8 Å². The number of aromatic nitrogens is 2. The number of anilines is 4. The number of benzene rings is 2. The highest BCUT2D eigenvalue weighted by atomic mass is 16.6. The number of hydrogen-bond donors (Lipinski definition) is 2. The first-order valence-corrected chi connectivity index (χ1v) is 10.4. The molecule has 1 aromatic heterocycles. The summed E-state index contributed by atoms with van der Waals surface area (Å²) in [6.45, 7) is 6.14. The Morgan fingerprint density at radius 3 is 2.38 bits per heavy atom. The van der Waals surface area contributed by atoms with Crippen molar-refractivity contribution in [1.82, 2.24) is 9.97 Å². The molecule has 32 heavy (non-hydrogen) atoms. The molecule has 2 heterocycles. The normalized spacial score (nSPS) is 15.5. The van der Waals surface area contributed by atoms with Crippen LogP contribution >= 0.6 is 0 Å². The lowest BCUT2D eigenvalue weighted by Crippen LogP contribution is -2.28. The summed E-state index contributed by atoms with van der Waals surface area (Å²) in [6.07, 6.45) is -0.918. The molecule has 0 saturated carbocycles. The van der Waals surface area contributed by atoms with Gasteiger partial charge in [0.2, 0.25) is 11.9 Å². The molecule has 2 amide bonds. The van der Waals surface area contributed by atoms with E-state index >= 15 is 0 Å². The van der Waals surface area contributed by atoms with Crippen LogP contribution in [0.1, 0.15) is 23.4 Å². The maximum absolute atomic E-state index is 12.4. The number of aryl methyl sites for hydroxylation is 3. The summed E-state index contributed by atoms with van der Waals surface area (Å²) in [7, 11) is 0. The van der Waals surface area contributed by atoms with Crippen molar-refractivity contribution in [3.63, 3.8) is 0 Å². The molecule has 0 bridgehead atoms. The number of carbonyl (C=O) groups excluding carboxylic acids is 2. The highest BCUT2D eigenvalue weighted by Gasteiger charge is 2.33. The standard InChI is InChI=1S/C24H25N5O3/c1-15-5-4-6-20(11-15)29-14-21(13-22(29)30)32-24(31)28-19-9-7-18(8-10-19)27-23-25-16(2)12-17(3)26-23/h4-12,21H,13-14H2,1-3H3,(H,28,31)(H,25,26,27). The van der Waals surface area contributed by atoms with Crippen LogP contribution in [0.5, 0.6) is 0 Å². The van der Waals surface area contributed by atoms with Crippen molar-refractivity contribution in [2.24, 2.45) is 0 Å². The van der Waals surface area contributed by atoms with Gasteiger partial charge in [0.25, 0.3) is 0 Å². The van der Waals surface area contributed by atoms with Crippen molar-refractivity contribution in [2.75, 3.05) is 22.1 Å². The SMILES string of the molecule is Cc1cccc(N2CC(OC(=O)Nc3ccc(Nc4nc(C)cc(C)n4)cc3)CC2=O)c1. The highest BCUT2D eigenvalue weighted by molar-refractivity contribution is 5.96. The first kappa shape index (κ1) is 21.3. The van der Waals surface area contributed by atoms with Crippen LogP contribution in [0, 0.1) is 20.8 Å². The van der Waals surface area contributed by atoms with Crippen molar-refractivity contribution < 1.29 is 14.3 Å². The fourth-order valence-electron chi connectivity index (χ4n) is 3.65. The van der Waals surface area contributed by atoms with E-state index < -0.39 is 12.2 Å². The smallest absolute Gasteiger partial charge is 0.411 e. The largest absolute Gasteiger partial charge is 0.444 e. The van der Waals surface area contributed by atoms with E-state index in [9.17, 15) is 9.59 Å². The van der Waals surface area contributed by atoms with Gasteiger partial charge in [0.15, 0.2) is 0 Å².